The molecule has 3 heterocycles. The van der Waals surface area contributed by atoms with E-state index in [2.05, 4.69) is 216 Å². The smallest absolute Gasteiger partial charge is 0.0570 e. The van der Waals surface area contributed by atoms with Crippen LogP contribution < -0.4 is 0 Å². The van der Waals surface area contributed by atoms with E-state index >= 15 is 0 Å². The van der Waals surface area contributed by atoms with Gasteiger partial charge in [0, 0.05) is 84.9 Å². The number of hydrogen-bond donors (Lipinski definition) is 0. The fourth-order valence-electron chi connectivity index (χ4n) is 9.38. The highest BCUT2D eigenvalue weighted by Crippen LogP contribution is 2.36. The molecule has 3 heteroatoms. The van der Waals surface area contributed by atoms with Crippen molar-refractivity contribution in [3.05, 3.63) is 182 Å². The summed E-state index contributed by atoms with van der Waals surface area (Å²) in [5.74, 6) is 0. The number of nitrogens with zero attached hydrogens (tertiary/aromatic N) is 3. The van der Waals surface area contributed by atoms with Gasteiger partial charge in [-0.25, -0.2) is 0 Å². The Morgan fingerprint density at radius 2 is 0.560 bits per heavy atom. The van der Waals surface area contributed by atoms with Gasteiger partial charge >= 0.3 is 0 Å². The second-order valence-corrected chi connectivity index (χ2v) is 14.9. The molecule has 0 aliphatic rings. The van der Waals surface area contributed by atoms with Crippen LogP contribution in [0.2, 0.25) is 0 Å². The quantitative estimate of drug-likeness (QED) is 0.168. The summed E-state index contributed by atoms with van der Waals surface area (Å²) in [4.78, 5) is 0. The van der Waals surface area contributed by atoms with E-state index in [0.29, 0.717) is 0 Å². The topological polar surface area (TPSA) is 14.8 Å². The minimum Gasteiger partial charge on any atom is -0.341 e. The van der Waals surface area contributed by atoms with Crippen LogP contribution in [-0.2, 0) is 19.6 Å². The summed E-state index contributed by atoms with van der Waals surface area (Å²) in [7, 11) is 0. The number of aromatic nitrogens is 3. The van der Waals surface area contributed by atoms with E-state index in [-0.39, 0.29) is 0 Å². The molecule has 0 N–H and O–H groups in total. The first-order chi connectivity index (χ1) is 37.2. The Labute approximate surface area is 456 Å². The highest BCUT2D eigenvalue weighted by atomic mass is 15.0. The van der Waals surface area contributed by atoms with Gasteiger partial charge in [-0.2, -0.15) is 0 Å². The van der Waals surface area contributed by atoms with Crippen molar-refractivity contribution in [3.63, 3.8) is 0 Å². The predicted molar refractivity (Wildman–Crippen MR) is 350 cm³/mol. The third kappa shape index (κ3) is 14.7. The zero-order valence-electron chi connectivity index (χ0n) is 50.8. The number of benzene rings is 9. The minimum atomic E-state index is 0.998. The molecule has 0 amide bonds. The molecule has 0 saturated heterocycles. The van der Waals surface area contributed by atoms with E-state index in [0.717, 1.165) is 19.6 Å². The summed E-state index contributed by atoms with van der Waals surface area (Å²) in [6, 6.07) is 65.5. The SMILES string of the molecule is CC.CC.CC.CC.CC.CC.CC.CC.CC.CCn1c2ccccc2c2c3ccccc3ccc21.CCn1c2ccccc2c2cc3ccccc3cc21.CCn1c2ccccc2c2ccc3ccccc3c21. The number of aryl methyl sites for hydroxylation is 3. The molecule has 12 rings (SSSR count). The average molecular weight is 1010 g/mol. The fraction of sp³-hybridized carbons (Fsp3) is 0.333. The number of para-hydroxylation sites is 3. The summed E-state index contributed by atoms with van der Waals surface area (Å²) in [6.45, 7) is 45.6. The molecular formula is C72H99N3. The van der Waals surface area contributed by atoms with Gasteiger partial charge in [-0.3, -0.25) is 0 Å². The molecule has 0 aliphatic carbocycles. The second-order valence-electron chi connectivity index (χ2n) is 14.9. The van der Waals surface area contributed by atoms with E-state index in [4.69, 9.17) is 0 Å². The number of rotatable bonds is 3. The molecule has 9 aromatic carbocycles. The van der Waals surface area contributed by atoms with Crippen LogP contribution in [0.15, 0.2) is 182 Å². The largest absolute Gasteiger partial charge is 0.341 e. The maximum atomic E-state index is 2.42. The van der Waals surface area contributed by atoms with E-state index in [1.807, 2.05) is 125 Å². The Hall–Kier alpha value is -6.84. The first kappa shape index (κ1) is 66.2. The molecule has 0 atom stereocenters. The van der Waals surface area contributed by atoms with Gasteiger partial charge < -0.3 is 13.7 Å². The minimum absolute atomic E-state index is 0.998. The number of hydrogen-bond acceptors (Lipinski definition) is 0. The molecule has 0 fully saturated rings. The molecule has 3 aromatic heterocycles. The molecule has 3 nitrogen and oxygen atoms in total. The molecule has 0 spiro atoms. The zero-order valence-corrected chi connectivity index (χ0v) is 50.8. The lowest BCUT2D eigenvalue weighted by molar-refractivity contribution is 0.827. The van der Waals surface area contributed by atoms with Gasteiger partial charge in [-0.15, -0.1) is 0 Å². The summed E-state index contributed by atoms with van der Waals surface area (Å²) in [5.41, 5.74) is 8.02. The third-order valence-electron chi connectivity index (χ3n) is 11.9. The van der Waals surface area contributed by atoms with Crippen molar-refractivity contribution >= 4 is 97.7 Å². The van der Waals surface area contributed by atoms with Crippen molar-refractivity contribution in [2.45, 2.75) is 165 Å². The first-order valence-electron chi connectivity index (χ1n) is 29.4. The third-order valence-corrected chi connectivity index (χ3v) is 11.9. The van der Waals surface area contributed by atoms with Crippen LogP contribution in [0.1, 0.15) is 145 Å². The van der Waals surface area contributed by atoms with Gasteiger partial charge in [-0.05, 0) is 84.1 Å². The van der Waals surface area contributed by atoms with E-state index in [9.17, 15) is 0 Å². The van der Waals surface area contributed by atoms with Crippen LogP contribution in [0.4, 0.5) is 0 Å². The highest BCUT2D eigenvalue weighted by Gasteiger charge is 2.13. The summed E-state index contributed by atoms with van der Waals surface area (Å²) in [5, 5.41) is 16.1. The lowest BCUT2D eigenvalue weighted by Gasteiger charge is -2.06. The van der Waals surface area contributed by atoms with E-state index in [1.54, 1.807) is 0 Å². The predicted octanol–water partition coefficient (Wildman–Crippen LogP) is 24.1. The number of fused-ring (bicyclic) bond motifs is 14. The van der Waals surface area contributed by atoms with Crippen molar-refractivity contribution in [1.82, 2.24) is 13.7 Å². The van der Waals surface area contributed by atoms with Crippen LogP contribution in [-0.4, -0.2) is 13.7 Å². The van der Waals surface area contributed by atoms with Crippen molar-refractivity contribution in [2.24, 2.45) is 0 Å². The monoisotopic (exact) mass is 1010 g/mol. The van der Waals surface area contributed by atoms with Crippen LogP contribution in [0.5, 0.6) is 0 Å². The summed E-state index contributed by atoms with van der Waals surface area (Å²) in [6.07, 6.45) is 0. The normalized spacial score (nSPS) is 9.56. The van der Waals surface area contributed by atoms with Crippen LogP contribution in [0, 0.1) is 0 Å². The van der Waals surface area contributed by atoms with Crippen molar-refractivity contribution < 1.29 is 0 Å². The Balaban J connectivity index is 0.000000488. The molecule has 402 valence electrons. The van der Waals surface area contributed by atoms with Crippen LogP contribution >= 0.6 is 0 Å². The van der Waals surface area contributed by atoms with E-state index < -0.39 is 0 Å². The van der Waals surface area contributed by atoms with Gasteiger partial charge in [0.1, 0.15) is 0 Å². The fourth-order valence-corrected chi connectivity index (χ4v) is 9.38. The Morgan fingerprint density at radius 3 is 1.05 bits per heavy atom. The lowest BCUT2D eigenvalue weighted by Crippen LogP contribution is -1.93. The molecule has 0 bridgehead atoms. The van der Waals surface area contributed by atoms with Crippen molar-refractivity contribution in [3.8, 4) is 0 Å². The molecule has 0 saturated carbocycles. The highest BCUT2D eigenvalue weighted by molar-refractivity contribution is 6.21. The Bertz CT molecular complexity index is 3390. The standard InChI is InChI=1S/3C18H15N.9C2H6/c1-2-19-17-10-6-5-9-15(17)16-11-13-7-3-4-8-14(13)12-18(16)19;1-2-19-17-10-6-5-9-15(17)16-12-11-13-7-3-4-8-14(13)18(16)19;1-2-19-16-10-6-5-9-15(16)18-14-8-4-3-7-13(14)11-12-17(18)19;9*1-2/h3*3-12H,2H2,1H3;9*1-2H3. The summed E-state index contributed by atoms with van der Waals surface area (Å²) >= 11 is 0. The first-order valence-corrected chi connectivity index (χ1v) is 29.4. The molecule has 0 aliphatic heterocycles. The van der Waals surface area contributed by atoms with Gasteiger partial charge in [0.15, 0.2) is 0 Å². The van der Waals surface area contributed by atoms with Crippen LogP contribution in [0.25, 0.3) is 97.7 Å². The molecular weight excluding hydrogens is 907 g/mol. The molecule has 75 heavy (non-hydrogen) atoms. The molecule has 0 radical (unpaired) electrons. The van der Waals surface area contributed by atoms with Gasteiger partial charge in [-0.1, -0.05) is 270 Å². The molecule has 12 aromatic rings. The molecule has 0 unspecified atom stereocenters. The Morgan fingerprint density at radius 1 is 0.227 bits per heavy atom. The maximum Gasteiger partial charge on any atom is 0.0570 e. The van der Waals surface area contributed by atoms with Gasteiger partial charge in [0.05, 0.1) is 5.52 Å². The van der Waals surface area contributed by atoms with Gasteiger partial charge in [0.25, 0.3) is 0 Å². The Kier molecular flexibility index (Phi) is 32.6. The zero-order chi connectivity index (χ0) is 56.5. The lowest BCUT2D eigenvalue weighted by atomic mass is 10.0. The second kappa shape index (κ2) is 37.0. The van der Waals surface area contributed by atoms with Crippen LogP contribution in [0.3, 0.4) is 0 Å². The summed E-state index contributed by atoms with van der Waals surface area (Å²) < 4.78 is 7.22. The van der Waals surface area contributed by atoms with Gasteiger partial charge in [0.2, 0.25) is 0 Å². The van der Waals surface area contributed by atoms with E-state index in [1.165, 1.54) is 97.7 Å². The maximum absolute atomic E-state index is 2.42. The van der Waals surface area contributed by atoms with Crippen molar-refractivity contribution in [2.75, 3.05) is 0 Å². The van der Waals surface area contributed by atoms with Crippen molar-refractivity contribution in [1.29, 1.82) is 0 Å². The average Bonchev–Trinajstić information content (AvgIpc) is 4.16.